The van der Waals surface area contributed by atoms with Crippen molar-refractivity contribution in [3.63, 3.8) is 0 Å². The molecule has 1 amide bonds. The molecule has 0 aromatic carbocycles. The Kier molecular flexibility index (Phi) is 4.55. The number of carbonyl (C=O) groups excluding carboxylic acids is 1. The Labute approximate surface area is 147 Å². The molecule has 1 aliphatic carbocycles. The number of rotatable bonds is 3. The van der Waals surface area contributed by atoms with Gasteiger partial charge < -0.3 is 9.88 Å². The number of aryl methyl sites for hydroxylation is 2. The van der Waals surface area contributed by atoms with Crippen molar-refractivity contribution >= 4 is 5.91 Å². The zero-order valence-corrected chi connectivity index (χ0v) is 14.8. The molecule has 0 radical (unpaired) electrons. The molecule has 7 heteroatoms. The number of nitrogens with zero attached hydrogens (tertiary/aromatic N) is 5. The molecular weight excluding hydrogens is 316 g/mol. The third kappa shape index (κ3) is 3.45. The van der Waals surface area contributed by atoms with Gasteiger partial charge in [-0.15, -0.1) is 10.2 Å². The van der Waals surface area contributed by atoms with Crippen LogP contribution in [0.2, 0.25) is 0 Å². The molecule has 0 saturated heterocycles. The molecule has 2 aromatic heterocycles. The van der Waals surface area contributed by atoms with Gasteiger partial charge in [0.2, 0.25) is 5.82 Å². The van der Waals surface area contributed by atoms with Gasteiger partial charge in [0.05, 0.1) is 12.2 Å². The third-order valence-corrected chi connectivity index (χ3v) is 5.45. The number of aromatic nitrogens is 5. The van der Waals surface area contributed by atoms with Gasteiger partial charge in [0.25, 0.3) is 5.91 Å². The highest BCUT2D eigenvalue weighted by atomic mass is 16.2. The maximum absolute atomic E-state index is 12.7. The molecule has 0 atom stereocenters. The predicted molar refractivity (Wildman–Crippen MR) is 93.3 cm³/mol. The first-order valence-corrected chi connectivity index (χ1v) is 9.44. The van der Waals surface area contributed by atoms with E-state index >= 15 is 0 Å². The van der Waals surface area contributed by atoms with Crippen LogP contribution in [0.3, 0.4) is 0 Å². The van der Waals surface area contributed by atoms with E-state index < -0.39 is 0 Å². The normalized spacial score (nSPS) is 23.7. The lowest BCUT2D eigenvalue weighted by Crippen LogP contribution is -2.39. The summed E-state index contributed by atoms with van der Waals surface area (Å²) in [6.07, 6.45) is 12.4. The van der Waals surface area contributed by atoms with Crippen LogP contribution >= 0.6 is 0 Å². The van der Waals surface area contributed by atoms with E-state index in [-0.39, 0.29) is 11.9 Å². The molecule has 1 N–H and O–H groups in total. The fourth-order valence-corrected chi connectivity index (χ4v) is 4.02. The Morgan fingerprint density at radius 3 is 2.76 bits per heavy atom. The second-order valence-corrected chi connectivity index (χ2v) is 7.38. The molecule has 134 valence electrons. The van der Waals surface area contributed by atoms with Crippen molar-refractivity contribution in [1.82, 2.24) is 29.9 Å². The molecule has 1 saturated carbocycles. The number of carbonyl (C=O) groups is 1. The van der Waals surface area contributed by atoms with Crippen LogP contribution in [0.1, 0.15) is 73.0 Å². The first-order chi connectivity index (χ1) is 12.2. The van der Waals surface area contributed by atoms with E-state index in [9.17, 15) is 4.79 Å². The molecule has 4 rings (SSSR count). The van der Waals surface area contributed by atoms with Crippen molar-refractivity contribution in [2.45, 2.75) is 76.9 Å². The monoisotopic (exact) mass is 342 g/mol. The highest BCUT2D eigenvalue weighted by Crippen LogP contribution is 2.28. The Morgan fingerprint density at radius 2 is 2.00 bits per heavy atom. The van der Waals surface area contributed by atoms with Gasteiger partial charge in [-0.05, 0) is 51.0 Å². The van der Waals surface area contributed by atoms with Gasteiger partial charge in [0.1, 0.15) is 5.82 Å². The van der Waals surface area contributed by atoms with Crippen LogP contribution in [0.5, 0.6) is 0 Å². The highest BCUT2D eigenvalue weighted by molar-refractivity contribution is 5.90. The van der Waals surface area contributed by atoms with Crippen molar-refractivity contribution in [1.29, 1.82) is 0 Å². The fourth-order valence-electron chi connectivity index (χ4n) is 4.02. The summed E-state index contributed by atoms with van der Waals surface area (Å²) in [6, 6.07) is 0.672. The van der Waals surface area contributed by atoms with Crippen LogP contribution in [0.25, 0.3) is 0 Å². The maximum atomic E-state index is 12.7. The minimum absolute atomic E-state index is 0.0703. The molecule has 2 aliphatic rings. The second kappa shape index (κ2) is 6.98. The van der Waals surface area contributed by atoms with Gasteiger partial charge in [-0.3, -0.25) is 9.48 Å². The summed E-state index contributed by atoms with van der Waals surface area (Å²) in [5, 5.41) is 16.0. The van der Waals surface area contributed by atoms with E-state index in [0.717, 1.165) is 57.3 Å². The van der Waals surface area contributed by atoms with E-state index in [1.807, 2.05) is 10.8 Å². The lowest BCUT2D eigenvalue weighted by molar-refractivity contribution is 0.0906. The summed E-state index contributed by atoms with van der Waals surface area (Å²) in [4.78, 5) is 12.7. The van der Waals surface area contributed by atoms with Gasteiger partial charge in [0, 0.05) is 25.2 Å². The van der Waals surface area contributed by atoms with Crippen molar-refractivity contribution in [2.75, 3.05) is 0 Å². The number of fused-ring (bicyclic) bond motifs is 1. The van der Waals surface area contributed by atoms with Crippen LogP contribution in [-0.2, 0) is 13.0 Å². The Hall–Kier alpha value is -2.18. The smallest absolute Gasteiger partial charge is 0.289 e. The quantitative estimate of drug-likeness (QED) is 0.929. The van der Waals surface area contributed by atoms with Crippen LogP contribution in [0, 0.1) is 6.92 Å². The van der Waals surface area contributed by atoms with E-state index in [4.69, 9.17) is 0 Å². The summed E-state index contributed by atoms with van der Waals surface area (Å²) >= 11 is 0. The molecule has 0 spiro atoms. The van der Waals surface area contributed by atoms with Gasteiger partial charge >= 0.3 is 0 Å². The van der Waals surface area contributed by atoms with E-state index in [1.165, 1.54) is 12.0 Å². The van der Waals surface area contributed by atoms with Crippen molar-refractivity contribution in [3.05, 3.63) is 29.6 Å². The highest BCUT2D eigenvalue weighted by Gasteiger charge is 2.26. The molecule has 2 aromatic rings. The summed E-state index contributed by atoms with van der Waals surface area (Å²) in [7, 11) is 0. The van der Waals surface area contributed by atoms with Crippen LogP contribution in [0.15, 0.2) is 12.4 Å². The van der Waals surface area contributed by atoms with Crippen LogP contribution in [-0.4, -0.2) is 36.5 Å². The van der Waals surface area contributed by atoms with Gasteiger partial charge in [-0.2, -0.15) is 5.10 Å². The molecule has 7 nitrogen and oxygen atoms in total. The van der Waals surface area contributed by atoms with Gasteiger partial charge in [0.15, 0.2) is 0 Å². The maximum Gasteiger partial charge on any atom is 0.289 e. The van der Waals surface area contributed by atoms with Crippen molar-refractivity contribution < 1.29 is 4.79 Å². The Balaban J connectivity index is 1.36. The molecule has 1 fully saturated rings. The predicted octanol–water partition coefficient (Wildman–Crippen LogP) is 2.42. The van der Waals surface area contributed by atoms with Gasteiger partial charge in [-0.25, -0.2) is 0 Å². The summed E-state index contributed by atoms with van der Waals surface area (Å²) < 4.78 is 4.09. The van der Waals surface area contributed by atoms with E-state index in [1.54, 1.807) is 0 Å². The minimum Gasteiger partial charge on any atom is -0.347 e. The molecule has 0 bridgehead atoms. The van der Waals surface area contributed by atoms with E-state index in [2.05, 4.69) is 38.4 Å². The lowest BCUT2D eigenvalue weighted by Gasteiger charge is -2.29. The summed E-state index contributed by atoms with van der Waals surface area (Å²) in [5.74, 6) is 1.38. The SMILES string of the molecule is Cc1cnn(C2CCC(NC(=O)c3nnc4n3CCCCC4)CC2)c1. The average Bonchev–Trinajstić information content (AvgIpc) is 3.15. The second-order valence-electron chi connectivity index (χ2n) is 7.38. The topological polar surface area (TPSA) is 77.6 Å². The van der Waals surface area contributed by atoms with E-state index in [0.29, 0.717) is 11.9 Å². The first-order valence-electron chi connectivity index (χ1n) is 9.44. The van der Waals surface area contributed by atoms with Crippen molar-refractivity contribution in [3.8, 4) is 0 Å². The number of nitrogens with one attached hydrogen (secondary N) is 1. The van der Waals surface area contributed by atoms with Crippen LogP contribution in [0.4, 0.5) is 0 Å². The van der Waals surface area contributed by atoms with Gasteiger partial charge in [-0.1, -0.05) is 6.42 Å². The van der Waals surface area contributed by atoms with Crippen LogP contribution < -0.4 is 5.32 Å². The minimum atomic E-state index is -0.0703. The molecular formula is C18H26N6O. The number of amides is 1. The third-order valence-electron chi connectivity index (χ3n) is 5.45. The zero-order chi connectivity index (χ0) is 17.2. The Morgan fingerprint density at radius 1 is 1.16 bits per heavy atom. The Bertz CT molecular complexity index is 741. The number of hydrogen-bond donors (Lipinski definition) is 1. The average molecular weight is 342 g/mol. The fraction of sp³-hybridized carbons (Fsp3) is 0.667. The zero-order valence-electron chi connectivity index (χ0n) is 14.8. The van der Waals surface area contributed by atoms with Crippen molar-refractivity contribution in [2.24, 2.45) is 0 Å². The molecule has 25 heavy (non-hydrogen) atoms. The largest absolute Gasteiger partial charge is 0.347 e. The standard InChI is InChI=1S/C18H26N6O/c1-13-11-19-24(12-13)15-8-6-14(7-9-15)20-18(25)17-22-21-16-5-3-2-4-10-23(16)17/h11-12,14-15H,2-10H2,1H3,(H,20,25). The first kappa shape index (κ1) is 16.3. The summed E-state index contributed by atoms with van der Waals surface area (Å²) in [6.45, 7) is 2.92. The molecule has 0 unspecified atom stereocenters. The molecule has 1 aliphatic heterocycles. The number of hydrogen-bond acceptors (Lipinski definition) is 4. The summed E-state index contributed by atoms with van der Waals surface area (Å²) in [5.41, 5.74) is 1.20. The lowest BCUT2D eigenvalue weighted by atomic mass is 9.91. The molecule has 3 heterocycles.